The molecular weight excluding hydrogens is 529 g/mol. The number of aryl methyl sites for hydroxylation is 1. The molecule has 3 heterocycles. The zero-order valence-corrected chi connectivity index (χ0v) is 24.8. The Morgan fingerprint density at radius 3 is 2.86 bits per heavy atom. The number of benzene rings is 2. The highest BCUT2D eigenvalue weighted by Gasteiger charge is 2.68. The summed E-state index contributed by atoms with van der Waals surface area (Å²) in [6, 6.07) is 14.3. The van der Waals surface area contributed by atoms with Crippen molar-refractivity contribution in [3.63, 3.8) is 0 Å². The van der Waals surface area contributed by atoms with E-state index in [9.17, 15) is 4.79 Å². The SMILES string of the molecule is CC1(C)[C@@H]2C[C@H]3OB([C@H](Cc4coc5ccccc45)NC(=O)COc4ccc5c(c4)CCC54CCOC4)O[C@@]3(C)[C@H]1C2. The molecule has 1 unspecified atom stereocenters. The molecule has 8 heteroatoms. The van der Waals surface area contributed by atoms with E-state index in [0.29, 0.717) is 18.3 Å². The Balaban J connectivity index is 0.992. The van der Waals surface area contributed by atoms with E-state index >= 15 is 0 Å². The van der Waals surface area contributed by atoms with Gasteiger partial charge in [-0.3, -0.25) is 4.79 Å². The van der Waals surface area contributed by atoms with Crippen LogP contribution in [0.2, 0.25) is 0 Å². The Morgan fingerprint density at radius 2 is 2.02 bits per heavy atom. The van der Waals surface area contributed by atoms with Gasteiger partial charge in [-0.2, -0.15) is 0 Å². The third-order valence-electron chi connectivity index (χ3n) is 11.6. The standard InChI is InChI=1S/C34H40BNO6/c1-32(2)23-16-28(32)33(3)29(17-23)41-35(42-33)30(15-22-18-40-27-7-5-4-6-25(22)27)36-31(37)19-39-24-8-9-26-21(14-24)10-11-34(26)12-13-38-20-34/h4-9,14,18,23,28-30H,10-13,15-17,19-20H2,1-3H3,(H,36,37)/t23-,28-,29+,30-,33-,34?/m0/s1. The number of ether oxygens (including phenoxy) is 2. The van der Waals surface area contributed by atoms with Crippen LogP contribution in [0.5, 0.6) is 5.75 Å². The average Bonchev–Trinajstić information content (AvgIpc) is 3.77. The summed E-state index contributed by atoms with van der Waals surface area (Å²) < 4.78 is 31.0. The number of carbonyl (C=O) groups excluding carboxylic acids is 1. The zero-order chi connectivity index (χ0) is 28.7. The topological polar surface area (TPSA) is 79.2 Å². The zero-order valence-electron chi connectivity index (χ0n) is 24.8. The minimum Gasteiger partial charge on any atom is -0.484 e. The summed E-state index contributed by atoms with van der Waals surface area (Å²) in [6.07, 6.45) is 7.78. The van der Waals surface area contributed by atoms with Gasteiger partial charge in [-0.05, 0) is 97.6 Å². The fourth-order valence-electron chi connectivity index (χ4n) is 9.02. The van der Waals surface area contributed by atoms with Crippen LogP contribution in [0.15, 0.2) is 53.1 Å². The van der Waals surface area contributed by atoms with Crippen molar-refractivity contribution in [2.45, 2.75) is 82.4 Å². The predicted molar refractivity (Wildman–Crippen MR) is 159 cm³/mol. The van der Waals surface area contributed by atoms with Gasteiger partial charge in [0, 0.05) is 17.4 Å². The first-order valence-electron chi connectivity index (χ1n) is 15.7. The van der Waals surface area contributed by atoms with Crippen LogP contribution < -0.4 is 10.1 Å². The number of carbonyl (C=O) groups is 1. The molecule has 1 amide bonds. The third-order valence-corrected chi connectivity index (χ3v) is 11.6. The maximum Gasteiger partial charge on any atom is 0.482 e. The van der Waals surface area contributed by atoms with E-state index in [0.717, 1.165) is 61.2 Å². The molecule has 2 bridgehead atoms. The number of hydrogen-bond acceptors (Lipinski definition) is 6. The van der Waals surface area contributed by atoms with Crippen molar-refractivity contribution in [3.05, 3.63) is 65.4 Å². The Bertz CT molecular complexity index is 1530. The second-order valence-corrected chi connectivity index (χ2v) is 14.2. The van der Waals surface area contributed by atoms with Gasteiger partial charge < -0.3 is 28.5 Å². The van der Waals surface area contributed by atoms with Crippen molar-refractivity contribution in [2.75, 3.05) is 19.8 Å². The highest BCUT2D eigenvalue weighted by molar-refractivity contribution is 6.48. The second-order valence-electron chi connectivity index (χ2n) is 14.2. The van der Waals surface area contributed by atoms with E-state index < -0.39 is 7.12 Å². The van der Waals surface area contributed by atoms with Crippen molar-refractivity contribution in [1.29, 1.82) is 0 Å². The lowest BCUT2D eigenvalue weighted by molar-refractivity contribution is -0.199. The fourth-order valence-corrected chi connectivity index (χ4v) is 9.02. The molecule has 6 atom stereocenters. The number of nitrogens with one attached hydrogen (secondary N) is 1. The number of furan rings is 1. The normalized spacial score (nSPS) is 32.9. The summed E-state index contributed by atoms with van der Waals surface area (Å²) >= 11 is 0. The van der Waals surface area contributed by atoms with Gasteiger partial charge in [0.15, 0.2) is 6.61 Å². The molecule has 220 valence electrons. The number of hydrogen-bond donors (Lipinski definition) is 1. The first kappa shape index (κ1) is 26.8. The van der Waals surface area contributed by atoms with E-state index in [-0.39, 0.29) is 41.0 Å². The Kier molecular flexibility index (Phi) is 6.12. The van der Waals surface area contributed by atoms with Crippen molar-refractivity contribution in [2.24, 2.45) is 17.3 Å². The minimum absolute atomic E-state index is 0.0380. The maximum absolute atomic E-state index is 13.4. The molecule has 2 aliphatic heterocycles. The van der Waals surface area contributed by atoms with E-state index in [4.69, 9.17) is 23.2 Å². The van der Waals surface area contributed by atoms with Gasteiger partial charge in [0.25, 0.3) is 5.91 Å². The molecular formula is C34H40BNO6. The predicted octanol–water partition coefficient (Wildman–Crippen LogP) is 5.41. The number of rotatable bonds is 7. The second kappa shape index (κ2) is 9.60. The van der Waals surface area contributed by atoms with E-state index in [1.807, 2.05) is 24.3 Å². The Morgan fingerprint density at radius 1 is 1.14 bits per heavy atom. The molecule has 3 aromatic rings. The van der Waals surface area contributed by atoms with Gasteiger partial charge in [-0.1, -0.05) is 38.1 Å². The fraction of sp³-hybridized carbons (Fsp3) is 0.559. The van der Waals surface area contributed by atoms with Crippen molar-refractivity contribution in [3.8, 4) is 5.75 Å². The largest absolute Gasteiger partial charge is 0.484 e. The van der Waals surface area contributed by atoms with Gasteiger partial charge in [0.1, 0.15) is 11.3 Å². The number of amides is 1. The molecule has 42 heavy (non-hydrogen) atoms. The van der Waals surface area contributed by atoms with Gasteiger partial charge >= 0.3 is 7.12 Å². The van der Waals surface area contributed by atoms with Crippen LogP contribution in [-0.2, 0) is 37.1 Å². The summed E-state index contributed by atoms with van der Waals surface area (Å²) in [5.41, 5.74) is 4.62. The summed E-state index contributed by atoms with van der Waals surface area (Å²) in [4.78, 5) is 13.4. The van der Waals surface area contributed by atoms with E-state index in [1.54, 1.807) is 6.26 Å². The molecule has 0 radical (unpaired) electrons. The van der Waals surface area contributed by atoms with Gasteiger partial charge in [-0.25, -0.2) is 0 Å². The molecule has 1 spiro atoms. The minimum atomic E-state index is -0.544. The third kappa shape index (κ3) is 4.09. The molecule has 6 aliphatic rings. The van der Waals surface area contributed by atoms with Crippen LogP contribution in [0, 0.1) is 17.3 Å². The first-order valence-corrected chi connectivity index (χ1v) is 15.7. The molecule has 1 aromatic heterocycles. The lowest BCUT2D eigenvalue weighted by Gasteiger charge is -2.64. The molecule has 9 rings (SSSR count). The van der Waals surface area contributed by atoms with Crippen LogP contribution in [0.3, 0.4) is 0 Å². The Labute approximate surface area is 247 Å². The molecule has 5 fully saturated rings. The lowest BCUT2D eigenvalue weighted by atomic mass is 9.43. The monoisotopic (exact) mass is 569 g/mol. The van der Waals surface area contributed by atoms with Crippen molar-refractivity contribution >= 4 is 24.0 Å². The van der Waals surface area contributed by atoms with Gasteiger partial charge in [0.2, 0.25) is 0 Å². The smallest absolute Gasteiger partial charge is 0.482 e. The molecule has 2 saturated heterocycles. The molecule has 7 nitrogen and oxygen atoms in total. The molecule has 1 N–H and O–H groups in total. The number of fused-ring (bicyclic) bond motifs is 3. The molecule has 3 saturated carbocycles. The highest BCUT2D eigenvalue weighted by atomic mass is 16.7. The van der Waals surface area contributed by atoms with Crippen molar-refractivity contribution < 1.29 is 28.0 Å². The summed E-state index contributed by atoms with van der Waals surface area (Å²) in [5.74, 6) is 1.26. The van der Waals surface area contributed by atoms with E-state index in [1.165, 1.54) is 17.5 Å². The maximum atomic E-state index is 13.4. The lowest BCUT2D eigenvalue weighted by Crippen LogP contribution is -2.65. The van der Waals surface area contributed by atoms with Crippen LogP contribution in [0.4, 0.5) is 0 Å². The first-order chi connectivity index (χ1) is 20.2. The van der Waals surface area contributed by atoms with Crippen LogP contribution in [0.1, 0.15) is 63.1 Å². The van der Waals surface area contributed by atoms with Crippen molar-refractivity contribution in [1.82, 2.24) is 5.32 Å². The van der Waals surface area contributed by atoms with E-state index in [2.05, 4.69) is 44.3 Å². The summed E-state index contributed by atoms with van der Waals surface area (Å²) in [5, 5.41) is 4.27. The number of para-hydroxylation sites is 1. The van der Waals surface area contributed by atoms with Crippen LogP contribution in [0.25, 0.3) is 11.0 Å². The summed E-state index contributed by atoms with van der Waals surface area (Å²) in [7, 11) is -0.544. The quantitative estimate of drug-likeness (QED) is 0.384. The van der Waals surface area contributed by atoms with Gasteiger partial charge in [-0.15, -0.1) is 0 Å². The Hall–Kier alpha value is -2.81. The summed E-state index contributed by atoms with van der Waals surface area (Å²) in [6.45, 7) is 8.50. The highest BCUT2D eigenvalue weighted by Crippen LogP contribution is 2.65. The molecule has 2 aromatic carbocycles. The van der Waals surface area contributed by atoms with Crippen LogP contribution in [-0.4, -0.2) is 50.5 Å². The van der Waals surface area contributed by atoms with Gasteiger partial charge in [0.05, 0.1) is 30.5 Å². The average molecular weight is 570 g/mol. The van der Waals surface area contributed by atoms with Crippen LogP contribution >= 0.6 is 0 Å². The molecule has 4 aliphatic carbocycles.